The summed E-state index contributed by atoms with van der Waals surface area (Å²) < 4.78 is 34.3. The summed E-state index contributed by atoms with van der Waals surface area (Å²) in [4.78, 5) is 4.82. The molecule has 0 aliphatic heterocycles. The number of nitrogens with zero attached hydrogens (tertiary/aromatic N) is 3. The monoisotopic (exact) mass is 506 g/mol. The van der Waals surface area contributed by atoms with Gasteiger partial charge >= 0.3 is 0 Å². The lowest BCUT2D eigenvalue weighted by Crippen LogP contribution is -2.36. The Bertz CT molecular complexity index is 1590. The first-order valence-corrected chi connectivity index (χ1v) is 13.3. The van der Waals surface area contributed by atoms with Gasteiger partial charge in [0.15, 0.2) is 0 Å². The Morgan fingerprint density at radius 1 is 1.00 bits per heavy atom. The Morgan fingerprint density at radius 2 is 1.74 bits per heavy atom. The lowest BCUT2D eigenvalue weighted by atomic mass is 9.85. The molecule has 3 aromatic carbocycles. The first kappa shape index (κ1) is 23.1. The molecule has 0 amide bonds. The number of fused-ring (bicyclic) bond motifs is 1. The number of rotatable bonds is 7. The molecular formula is C26H23ClN4O3S. The van der Waals surface area contributed by atoms with Crippen molar-refractivity contribution in [3.8, 4) is 11.5 Å². The van der Waals surface area contributed by atoms with Gasteiger partial charge in [0, 0.05) is 22.2 Å². The van der Waals surface area contributed by atoms with Crippen LogP contribution in [0.15, 0.2) is 89.6 Å². The van der Waals surface area contributed by atoms with Crippen LogP contribution in [0, 0.1) is 0 Å². The molecule has 1 unspecified atom stereocenters. The van der Waals surface area contributed by atoms with E-state index in [1.807, 2.05) is 79.0 Å². The van der Waals surface area contributed by atoms with Crippen molar-refractivity contribution in [2.45, 2.75) is 18.9 Å². The molecule has 178 valence electrons. The van der Waals surface area contributed by atoms with Crippen LogP contribution < -0.4 is 4.72 Å². The zero-order valence-electron chi connectivity index (χ0n) is 19.1. The standard InChI is InChI=1S/C26H23ClN4O3S/c1-3-26(19-12-14-20(27)15-13-19,25-28-24(34-29-25)18-8-5-4-6-9-18)31-17-16-21-22(30-35(2,32)33)10-7-11-23(21)31/h4-17,30H,3H2,1-2H3. The quantitative estimate of drug-likeness (QED) is 0.296. The summed E-state index contributed by atoms with van der Waals surface area (Å²) in [6.45, 7) is 2.05. The van der Waals surface area contributed by atoms with E-state index in [0.717, 1.165) is 28.3 Å². The van der Waals surface area contributed by atoms with E-state index in [2.05, 4.69) is 21.4 Å². The van der Waals surface area contributed by atoms with Crippen molar-refractivity contribution in [3.05, 3.63) is 101 Å². The molecule has 1 N–H and O–H groups in total. The van der Waals surface area contributed by atoms with Crippen LogP contribution in [0.2, 0.25) is 5.02 Å². The van der Waals surface area contributed by atoms with Crippen LogP contribution >= 0.6 is 11.6 Å². The molecule has 35 heavy (non-hydrogen) atoms. The van der Waals surface area contributed by atoms with E-state index in [1.165, 1.54) is 0 Å². The lowest BCUT2D eigenvalue weighted by molar-refractivity contribution is 0.360. The predicted molar refractivity (Wildman–Crippen MR) is 138 cm³/mol. The number of sulfonamides is 1. The molecule has 0 saturated carbocycles. The van der Waals surface area contributed by atoms with E-state index in [4.69, 9.17) is 21.1 Å². The Kier molecular flexibility index (Phi) is 5.86. The zero-order valence-corrected chi connectivity index (χ0v) is 20.7. The molecule has 0 aliphatic carbocycles. The van der Waals surface area contributed by atoms with Gasteiger partial charge in [0.2, 0.25) is 15.8 Å². The molecule has 0 radical (unpaired) electrons. The highest BCUT2D eigenvalue weighted by molar-refractivity contribution is 7.92. The van der Waals surface area contributed by atoms with Crippen LogP contribution in [0.3, 0.4) is 0 Å². The van der Waals surface area contributed by atoms with Crippen LogP contribution in [0.4, 0.5) is 5.69 Å². The topological polar surface area (TPSA) is 90.0 Å². The second-order valence-corrected chi connectivity index (χ2v) is 10.5. The molecule has 0 fully saturated rings. The van der Waals surface area contributed by atoms with Gasteiger partial charge in [0.25, 0.3) is 5.89 Å². The minimum atomic E-state index is -3.45. The van der Waals surface area contributed by atoms with Gasteiger partial charge in [-0.2, -0.15) is 4.98 Å². The van der Waals surface area contributed by atoms with Crippen molar-refractivity contribution >= 4 is 38.2 Å². The van der Waals surface area contributed by atoms with E-state index in [1.54, 1.807) is 6.07 Å². The summed E-state index contributed by atoms with van der Waals surface area (Å²) >= 11 is 6.22. The number of hydrogen-bond donors (Lipinski definition) is 1. The highest BCUT2D eigenvalue weighted by atomic mass is 35.5. The van der Waals surface area contributed by atoms with E-state index in [0.29, 0.717) is 28.8 Å². The van der Waals surface area contributed by atoms with E-state index >= 15 is 0 Å². The SMILES string of the molecule is CCC(c1ccc(Cl)cc1)(c1noc(-c2ccccc2)n1)n1ccc2c(NS(C)(=O)=O)cccc21. The third kappa shape index (κ3) is 4.19. The van der Waals surface area contributed by atoms with Crippen LogP contribution in [0.25, 0.3) is 22.4 Å². The molecule has 0 aliphatic rings. The molecule has 0 spiro atoms. The van der Waals surface area contributed by atoms with Crippen LogP contribution in [0.5, 0.6) is 0 Å². The lowest BCUT2D eigenvalue weighted by Gasteiger charge is -2.33. The van der Waals surface area contributed by atoms with Gasteiger partial charge in [-0.25, -0.2) is 8.42 Å². The average molecular weight is 507 g/mol. The van der Waals surface area contributed by atoms with Gasteiger partial charge in [0.1, 0.15) is 5.54 Å². The molecule has 9 heteroatoms. The molecule has 0 bridgehead atoms. The number of halogens is 1. The van der Waals surface area contributed by atoms with Crippen molar-refractivity contribution in [2.24, 2.45) is 0 Å². The number of anilines is 1. The number of nitrogens with one attached hydrogen (secondary N) is 1. The Hall–Kier alpha value is -3.62. The first-order chi connectivity index (χ1) is 16.8. The molecule has 5 rings (SSSR count). The van der Waals surface area contributed by atoms with Crippen molar-refractivity contribution in [2.75, 3.05) is 11.0 Å². The second-order valence-electron chi connectivity index (χ2n) is 8.31. The van der Waals surface area contributed by atoms with E-state index in [-0.39, 0.29) is 0 Å². The number of aromatic nitrogens is 3. The van der Waals surface area contributed by atoms with Crippen LogP contribution in [0.1, 0.15) is 24.7 Å². The zero-order chi connectivity index (χ0) is 24.6. The molecule has 2 aromatic heterocycles. The molecule has 7 nitrogen and oxygen atoms in total. The average Bonchev–Trinajstić information content (AvgIpc) is 3.50. The van der Waals surface area contributed by atoms with Gasteiger partial charge in [-0.3, -0.25) is 4.72 Å². The maximum absolute atomic E-state index is 12.0. The van der Waals surface area contributed by atoms with E-state index in [9.17, 15) is 8.42 Å². The van der Waals surface area contributed by atoms with Gasteiger partial charge in [0.05, 0.1) is 17.5 Å². The number of benzene rings is 3. The maximum atomic E-state index is 12.0. The fourth-order valence-corrected chi connectivity index (χ4v) is 5.22. The summed E-state index contributed by atoms with van der Waals surface area (Å²) in [7, 11) is -3.45. The Morgan fingerprint density at radius 3 is 2.43 bits per heavy atom. The third-order valence-corrected chi connectivity index (χ3v) is 6.93. The summed E-state index contributed by atoms with van der Waals surface area (Å²) in [5, 5.41) is 5.81. The fraction of sp³-hybridized carbons (Fsp3) is 0.154. The minimum absolute atomic E-state index is 0.420. The first-order valence-electron chi connectivity index (χ1n) is 11.1. The van der Waals surface area contributed by atoms with Gasteiger partial charge in [-0.15, -0.1) is 0 Å². The third-order valence-electron chi connectivity index (χ3n) is 6.09. The molecule has 0 saturated heterocycles. The Balaban J connectivity index is 1.76. The highest BCUT2D eigenvalue weighted by Gasteiger charge is 2.40. The van der Waals surface area contributed by atoms with Crippen molar-refractivity contribution in [3.63, 3.8) is 0 Å². The maximum Gasteiger partial charge on any atom is 0.258 e. The van der Waals surface area contributed by atoms with Crippen molar-refractivity contribution in [1.29, 1.82) is 0 Å². The molecule has 2 heterocycles. The largest absolute Gasteiger partial charge is 0.334 e. The normalized spacial score (nSPS) is 13.6. The summed E-state index contributed by atoms with van der Waals surface area (Å²) in [6.07, 6.45) is 3.65. The summed E-state index contributed by atoms with van der Waals surface area (Å²) in [6, 6.07) is 24.6. The fourth-order valence-electron chi connectivity index (χ4n) is 4.51. The minimum Gasteiger partial charge on any atom is -0.334 e. The summed E-state index contributed by atoms with van der Waals surface area (Å²) in [5.41, 5.74) is 2.23. The number of hydrogen-bond acceptors (Lipinski definition) is 5. The highest BCUT2D eigenvalue weighted by Crippen LogP contribution is 2.41. The van der Waals surface area contributed by atoms with Crippen molar-refractivity contribution in [1.82, 2.24) is 14.7 Å². The second kappa shape index (κ2) is 8.87. The molecule has 5 aromatic rings. The molecular weight excluding hydrogens is 484 g/mol. The van der Waals surface area contributed by atoms with E-state index < -0.39 is 15.6 Å². The van der Waals surface area contributed by atoms with Crippen LogP contribution in [-0.2, 0) is 15.6 Å². The van der Waals surface area contributed by atoms with Gasteiger partial charge < -0.3 is 9.09 Å². The Labute approximate surface area is 208 Å². The van der Waals surface area contributed by atoms with Crippen molar-refractivity contribution < 1.29 is 12.9 Å². The van der Waals surface area contributed by atoms with Crippen LogP contribution in [-0.4, -0.2) is 29.4 Å². The molecule has 1 atom stereocenters. The summed E-state index contributed by atoms with van der Waals surface area (Å²) in [5.74, 6) is 0.906. The van der Waals surface area contributed by atoms with Gasteiger partial charge in [-0.05, 0) is 54.4 Å². The van der Waals surface area contributed by atoms with Gasteiger partial charge in [-0.1, -0.05) is 60.1 Å². The predicted octanol–water partition coefficient (Wildman–Crippen LogP) is 5.92. The smallest absolute Gasteiger partial charge is 0.258 e.